The Bertz CT molecular complexity index is 4650. The van der Waals surface area contributed by atoms with Crippen molar-refractivity contribution in [3.8, 4) is 0 Å². The summed E-state index contributed by atoms with van der Waals surface area (Å²) in [4.78, 5) is 236. The number of aromatic amines is 1. The third kappa shape index (κ3) is 35.8. The van der Waals surface area contributed by atoms with Crippen molar-refractivity contribution < 1.29 is 144 Å². The number of primary amides is 1. The van der Waals surface area contributed by atoms with Crippen LogP contribution in [0.3, 0.4) is 0 Å². The molecule has 5 aliphatic heterocycles. The molecule has 45 heteroatoms. The monoisotopic (exact) mass is 2110 g/mol. The minimum Gasteiger partial charge on any atom is -0.481 e. The Balaban J connectivity index is 0.000000682. The number of carboxylic acid groups (broad SMARTS) is 2. The fourth-order valence-corrected chi connectivity index (χ4v) is 20.9. The first-order valence-corrected chi connectivity index (χ1v) is 52.0. The quantitative estimate of drug-likeness (QED) is 0.0257. The Morgan fingerprint density at radius 1 is 0.662 bits per heavy atom. The second-order valence-corrected chi connectivity index (χ2v) is 41.8. The number of aliphatic carboxylic acids is 2. The van der Waals surface area contributed by atoms with E-state index in [1.54, 1.807) is 65.0 Å². The number of H-pyrrole nitrogens is 1. The number of aliphatic hydroxyl groups is 3. The molecule has 0 spiro atoms. The van der Waals surface area contributed by atoms with E-state index >= 15 is 0 Å². The molecule has 4 saturated heterocycles. The molecule has 12 amide bonds. The molecule has 0 bridgehead atoms. The zero-order chi connectivity index (χ0) is 108. The van der Waals surface area contributed by atoms with Crippen LogP contribution >= 0.6 is 11.8 Å². The van der Waals surface area contributed by atoms with Crippen molar-refractivity contribution >= 4 is 111 Å². The summed E-state index contributed by atoms with van der Waals surface area (Å²) in [6.45, 7) is 33.4. The van der Waals surface area contributed by atoms with Crippen LogP contribution in [0.2, 0.25) is 0 Å². The zero-order valence-corrected chi connectivity index (χ0v) is 88.8. The number of nitrogens with one attached hydrogen (secondary N) is 12. The van der Waals surface area contributed by atoms with E-state index in [2.05, 4.69) is 78.3 Å². The van der Waals surface area contributed by atoms with E-state index in [0.29, 0.717) is 48.4 Å². The van der Waals surface area contributed by atoms with Crippen LogP contribution in [0.15, 0.2) is 47.8 Å². The van der Waals surface area contributed by atoms with E-state index in [1.165, 1.54) is 24.3 Å². The van der Waals surface area contributed by atoms with Gasteiger partial charge in [-0.05, 0) is 144 Å². The third-order valence-corrected chi connectivity index (χ3v) is 30.3. The number of imidazole rings is 1. The number of hydrogen-bond donors (Lipinski definition) is 21. The van der Waals surface area contributed by atoms with Gasteiger partial charge < -0.3 is 125 Å². The van der Waals surface area contributed by atoms with Gasteiger partial charge in [-0.15, -0.1) is 11.8 Å². The molecule has 0 aliphatic carbocycles. The number of hydrogen-bond acceptors (Lipinski definition) is 29. The molecule has 1 aromatic heterocycles. The summed E-state index contributed by atoms with van der Waals surface area (Å²) < 4.78 is 19.4. The fraction of sp³-hybridized carbons (Fsp3) is 0.740. The van der Waals surface area contributed by atoms with Gasteiger partial charge >= 0.3 is 17.9 Å². The van der Waals surface area contributed by atoms with Crippen LogP contribution in [0, 0.1) is 65.1 Å². The SMILES string of the molecule is CC[C@@H](C(=O)[C@@H](C)[C@@H](O)[C@@H](C)[C@H]1O[C@@H](CC(=O)OO)[C@H](C)C[C@@H]1C)[C@H]1O[C@](C)([C@]2(O)O[C@](CC)([C@@H](O)CC)C[C@H]2C)C[C@@H]1C.CC[C@H](C)[C@H](N)C1=N[C@H](C(=O)N[C@@H](CC(C)C)C(=O)N[C@H](CCC(=O)O)C(=O)N[C@H](C(=O)N[C@H]2CCCCNC(=O)[C@H](CC(N)=O)NC(=O)[C@@H](CC(=O)O)NC(=O)[C@H](Cc3cnc[nH]3)NC(=O)[C@@H](Cc3ccccc3)NC(=O)[C@H]([C@@H](C)CC)NC(=O)[C@@H](CCCN)NC2=O)[C@@H](C)CC)CS1.[Cu]. The van der Waals surface area contributed by atoms with Crippen molar-refractivity contribution in [1.82, 2.24) is 68.5 Å². The first-order chi connectivity index (χ1) is 67.8. The number of rotatable bonds is 44. The van der Waals surface area contributed by atoms with Gasteiger partial charge in [0.1, 0.15) is 77.8 Å². The maximum atomic E-state index is 14.9. The number of thioether (sulfide) groups is 1. The standard InChI is InChI=1S/C66H103N17O16S.C34H60O10.Cu/c1-9-35(6)52(69)66-81-48(32-100-66)63(97)76-43(26-34(4)5)59(93)74-42(22-23-50(85)86)58(92)83-53(36(7)10-2)64(98)75-40-20-15-16-25-71-55(89)46(29-49(68)84)78-62(96)47(30-51(87)88)79-61(95)45(28-39-31-70-33-72-39)77-60(94)44(27-38-18-13-12-14-19-38)80-65(99)54(37(8)11-3)82-57(91)41(21-17-24-67)73-56(40)90;1-11-24(29(38)22(8)28(37)23(9)30-19(5)14-18(4)25(41-30)15-27(36)43-40)31-20(6)16-32(10,42-31)34(39)21(7)17-33(13-3,44-34)26(35)12-2;/h12-14,18-19,31,33-37,40-48,52-54H,9-11,15-17,20-30,32,67,69H2,1-8H3,(H2,68,84)(H,70,72)(H,71,89)(H,73,90)(H,74,93)(H,75,98)(H,76,97)(H,77,94)(H,78,96)(H,79,95)(H,80,99)(H,82,91)(H,83,92)(H,85,86)(H,87,88);18-26,28,30-31,35,37,39-40H,11-17H2,1-10H3;/t35-,36-,37-,40-,41+,42+,43-,44+,45-,46-,47+,48-,52-,53-,54-;18-,19+,20+,21-,22+,23-,24+,25+,26+,28-,30+,31+,32+,33+,34-;/m01./s1. The largest absolute Gasteiger partial charge is 0.481 e. The molecule has 1 radical (unpaired) electrons. The Kier molecular flexibility index (Phi) is 51.6. The van der Waals surface area contributed by atoms with E-state index < -0.39 is 258 Å². The van der Waals surface area contributed by atoms with Crippen LogP contribution in [0.5, 0.6) is 0 Å². The number of aliphatic imine (C=N–C) groups is 1. The van der Waals surface area contributed by atoms with Gasteiger partial charge in [0.15, 0.2) is 5.79 Å². The molecule has 1 aromatic carbocycles. The second kappa shape index (κ2) is 59.5. The fourth-order valence-electron chi connectivity index (χ4n) is 19.7. The number of aliphatic hydroxyl groups excluding tert-OH is 2. The smallest absolute Gasteiger partial charge is 0.344 e. The number of carbonyl (C=O) groups is 16. The number of benzene rings is 1. The minimum atomic E-state index is -1.94. The number of nitrogens with zero attached hydrogens (tertiary/aromatic N) is 2. The molecule has 4 fully saturated rings. The molecule has 2 aromatic rings. The summed E-state index contributed by atoms with van der Waals surface area (Å²) in [5, 5.41) is 92.2. The predicted octanol–water partition coefficient (Wildman–Crippen LogP) is 3.22. The van der Waals surface area contributed by atoms with Gasteiger partial charge in [-0.25, -0.2) is 9.78 Å². The maximum absolute atomic E-state index is 14.9. The van der Waals surface area contributed by atoms with Crippen LogP contribution in [0.4, 0.5) is 0 Å². The van der Waals surface area contributed by atoms with Crippen molar-refractivity contribution in [2.24, 2.45) is 87.3 Å². The van der Waals surface area contributed by atoms with Gasteiger partial charge in [0, 0.05) is 84.2 Å². The molecule has 6 heterocycles. The van der Waals surface area contributed by atoms with E-state index in [1.807, 2.05) is 90.0 Å². The summed E-state index contributed by atoms with van der Waals surface area (Å²) in [5.74, 6) is -19.7. The predicted molar refractivity (Wildman–Crippen MR) is 534 cm³/mol. The van der Waals surface area contributed by atoms with E-state index in [-0.39, 0.29) is 154 Å². The molecular weight excluding hydrogens is 1950 g/mol. The van der Waals surface area contributed by atoms with Crippen molar-refractivity contribution in [2.45, 2.75) is 386 Å². The normalized spacial score (nSPS) is 29.0. The maximum Gasteiger partial charge on any atom is 0.344 e. The summed E-state index contributed by atoms with van der Waals surface area (Å²) in [5.41, 5.74) is 16.8. The number of ketones is 1. The number of carboxylic acids is 2. The molecule has 0 unspecified atom stereocenters. The number of amides is 12. The Morgan fingerprint density at radius 2 is 1.27 bits per heavy atom. The first kappa shape index (κ1) is 126. The van der Waals surface area contributed by atoms with Crippen LogP contribution in [-0.2, 0) is 126 Å². The minimum absolute atomic E-state index is 0. The Hall–Kier alpha value is -9.67. The molecule has 30 atom stereocenters. The van der Waals surface area contributed by atoms with Gasteiger partial charge in [-0.1, -0.05) is 167 Å². The number of ether oxygens (including phenoxy) is 3. The average Bonchev–Trinajstić information content (AvgIpc) is 1.56. The van der Waals surface area contributed by atoms with E-state index in [9.17, 15) is 102 Å². The topological polar surface area (TPSA) is 683 Å². The van der Waals surface area contributed by atoms with Gasteiger partial charge in [0.2, 0.25) is 70.9 Å². The number of Topliss-reactive ketones (excluding diaryl/α,β-unsaturated/α-hetero) is 1. The van der Waals surface area contributed by atoms with Gasteiger partial charge in [0.05, 0.1) is 72.8 Å². The second-order valence-electron chi connectivity index (χ2n) is 40.8. The van der Waals surface area contributed by atoms with Crippen molar-refractivity contribution in [3.05, 3.63) is 54.1 Å². The van der Waals surface area contributed by atoms with E-state index in [0.717, 1.165) is 12.8 Å². The van der Waals surface area contributed by atoms with Crippen LogP contribution in [0.25, 0.3) is 0 Å². The molecule has 821 valence electrons. The molecule has 7 rings (SSSR count). The first-order valence-electron chi connectivity index (χ1n) is 51.1. The molecular formula is C100H163CuN17O26S. The molecule has 5 aliphatic rings. The van der Waals surface area contributed by atoms with Crippen LogP contribution in [-0.4, -0.2) is 279 Å². The molecule has 0 saturated carbocycles. The van der Waals surface area contributed by atoms with E-state index in [4.69, 9.17) is 36.7 Å². The summed E-state index contributed by atoms with van der Waals surface area (Å²) in [7, 11) is 0. The number of aromatic nitrogens is 2. The van der Waals surface area contributed by atoms with Crippen LogP contribution < -0.4 is 75.7 Å². The molecule has 145 heavy (non-hydrogen) atoms. The van der Waals surface area contributed by atoms with Gasteiger partial charge in [-0.3, -0.25) is 76.9 Å². The van der Waals surface area contributed by atoms with Crippen molar-refractivity contribution in [1.29, 1.82) is 0 Å². The van der Waals surface area contributed by atoms with Gasteiger partial charge in [-0.2, -0.15) is 5.26 Å². The molecule has 43 nitrogen and oxygen atoms in total. The third-order valence-electron chi connectivity index (χ3n) is 29.1. The van der Waals surface area contributed by atoms with Gasteiger partial charge in [0.25, 0.3) is 0 Å². The zero-order valence-electron chi connectivity index (χ0n) is 87.1. The van der Waals surface area contributed by atoms with Crippen LogP contribution in [0.1, 0.15) is 264 Å². The summed E-state index contributed by atoms with van der Waals surface area (Å²) in [6.07, 6.45) is 0.605. The number of carbonyl (C=O) groups excluding carboxylic acids is 14. The van der Waals surface area contributed by atoms with Crippen molar-refractivity contribution in [3.63, 3.8) is 0 Å². The van der Waals surface area contributed by atoms with Crippen molar-refractivity contribution in [2.75, 3.05) is 18.8 Å². The Morgan fingerprint density at radius 3 is 1.84 bits per heavy atom. The molecule has 24 N–H and O–H groups in total. The Labute approximate surface area is 865 Å². The summed E-state index contributed by atoms with van der Waals surface area (Å²) >= 11 is 1.35. The summed E-state index contributed by atoms with van der Waals surface area (Å²) in [6, 6.07) is -8.34. The average molecular weight is 2120 g/mol. The number of nitrogens with two attached hydrogens (primary N) is 3.